The van der Waals surface area contributed by atoms with E-state index in [1.54, 1.807) is 14.2 Å². The molecule has 5 nitrogen and oxygen atoms in total. The Bertz CT molecular complexity index is 354. The first-order valence-electron chi connectivity index (χ1n) is 6.23. The molecule has 0 fully saturated rings. The first kappa shape index (κ1) is 15.9. The number of benzene rings is 1. The molecule has 0 aliphatic rings. The van der Waals surface area contributed by atoms with Gasteiger partial charge < -0.3 is 24.1 Å². The quantitative estimate of drug-likeness (QED) is 0.651. The molecule has 0 aliphatic carbocycles. The van der Waals surface area contributed by atoms with Crippen molar-refractivity contribution in [3.63, 3.8) is 0 Å². The van der Waals surface area contributed by atoms with Gasteiger partial charge >= 0.3 is 0 Å². The average molecular weight is 270 g/mol. The van der Waals surface area contributed by atoms with Crippen molar-refractivity contribution < 1.29 is 24.1 Å². The predicted octanol–water partition coefficient (Wildman–Crippen LogP) is 1.37. The van der Waals surface area contributed by atoms with E-state index in [0.717, 1.165) is 16.9 Å². The van der Waals surface area contributed by atoms with Crippen molar-refractivity contribution in [1.82, 2.24) is 0 Å². The number of methoxy groups -OCH3 is 2. The van der Waals surface area contributed by atoms with Crippen molar-refractivity contribution in [2.45, 2.75) is 13.2 Å². The van der Waals surface area contributed by atoms with Gasteiger partial charge in [-0.3, -0.25) is 0 Å². The third-order valence-corrected chi connectivity index (χ3v) is 2.59. The van der Waals surface area contributed by atoms with Crippen LogP contribution in [0.2, 0.25) is 0 Å². The van der Waals surface area contributed by atoms with Crippen molar-refractivity contribution in [3.8, 4) is 5.75 Å². The van der Waals surface area contributed by atoms with Gasteiger partial charge in [0.05, 0.1) is 46.8 Å². The van der Waals surface area contributed by atoms with Crippen LogP contribution in [0, 0.1) is 0 Å². The maximum Gasteiger partial charge on any atom is 0.124 e. The van der Waals surface area contributed by atoms with Crippen molar-refractivity contribution in [2.24, 2.45) is 0 Å². The highest BCUT2D eigenvalue weighted by molar-refractivity contribution is 5.36. The van der Waals surface area contributed by atoms with E-state index in [9.17, 15) is 0 Å². The molecule has 108 valence electrons. The van der Waals surface area contributed by atoms with Gasteiger partial charge in [-0.05, 0) is 17.7 Å². The lowest BCUT2D eigenvalue weighted by Gasteiger charge is -2.11. The molecule has 1 aromatic carbocycles. The van der Waals surface area contributed by atoms with Crippen LogP contribution in [0.25, 0.3) is 0 Å². The van der Waals surface area contributed by atoms with E-state index in [1.165, 1.54) is 0 Å². The standard InChI is InChI=1S/C14H22O5/c1-16-5-6-18-7-8-19-11-13-9-12(10-15)3-4-14(13)17-2/h3-4,9,15H,5-8,10-11H2,1-2H3. The fourth-order valence-corrected chi connectivity index (χ4v) is 1.59. The molecule has 0 radical (unpaired) electrons. The highest BCUT2D eigenvalue weighted by Crippen LogP contribution is 2.20. The summed E-state index contributed by atoms with van der Waals surface area (Å²) in [5.74, 6) is 0.762. The van der Waals surface area contributed by atoms with Crippen LogP contribution in [0.5, 0.6) is 5.75 Å². The molecule has 0 spiro atoms. The van der Waals surface area contributed by atoms with Gasteiger partial charge in [0.25, 0.3) is 0 Å². The summed E-state index contributed by atoms with van der Waals surface area (Å²) in [5, 5.41) is 9.10. The maximum absolute atomic E-state index is 9.10. The molecule has 19 heavy (non-hydrogen) atoms. The topological polar surface area (TPSA) is 57.2 Å². The molecule has 0 saturated carbocycles. The van der Waals surface area contributed by atoms with Crippen molar-refractivity contribution >= 4 is 0 Å². The Hall–Kier alpha value is -1.14. The Morgan fingerprint density at radius 2 is 1.74 bits per heavy atom. The molecule has 0 atom stereocenters. The van der Waals surface area contributed by atoms with Gasteiger partial charge in [-0.15, -0.1) is 0 Å². The molecule has 0 heterocycles. The smallest absolute Gasteiger partial charge is 0.124 e. The number of aliphatic hydroxyl groups is 1. The maximum atomic E-state index is 9.10. The van der Waals surface area contributed by atoms with Crippen LogP contribution >= 0.6 is 0 Å². The van der Waals surface area contributed by atoms with Crippen LogP contribution in [0.15, 0.2) is 18.2 Å². The minimum absolute atomic E-state index is 0.0110. The van der Waals surface area contributed by atoms with Crippen molar-refractivity contribution in [1.29, 1.82) is 0 Å². The Kier molecular flexibility index (Phi) is 8.16. The zero-order valence-corrected chi connectivity index (χ0v) is 11.6. The molecule has 0 aromatic heterocycles. The zero-order valence-electron chi connectivity index (χ0n) is 11.6. The van der Waals surface area contributed by atoms with E-state index in [-0.39, 0.29) is 6.61 Å². The Morgan fingerprint density at radius 3 is 2.42 bits per heavy atom. The fourth-order valence-electron chi connectivity index (χ4n) is 1.59. The molecule has 0 aliphatic heterocycles. The van der Waals surface area contributed by atoms with E-state index in [1.807, 2.05) is 18.2 Å². The third kappa shape index (κ3) is 6.02. The number of hydrogen-bond acceptors (Lipinski definition) is 5. The normalized spacial score (nSPS) is 10.7. The summed E-state index contributed by atoms with van der Waals surface area (Å²) in [6.45, 7) is 2.65. The highest BCUT2D eigenvalue weighted by atomic mass is 16.5. The second-order valence-corrected chi connectivity index (χ2v) is 3.96. The third-order valence-electron chi connectivity index (χ3n) is 2.59. The first-order valence-corrected chi connectivity index (χ1v) is 6.23. The Balaban J connectivity index is 2.31. The Morgan fingerprint density at radius 1 is 1.00 bits per heavy atom. The minimum Gasteiger partial charge on any atom is -0.496 e. The largest absolute Gasteiger partial charge is 0.496 e. The predicted molar refractivity (Wildman–Crippen MR) is 71.3 cm³/mol. The highest BCUT2D eigenvalue weighted by Gasteiger charge is 2.04. The van der Waals surface area contributed by atoms with E-state index in [2.05, 4.69) is 0 Å². The lowest BCUT2D eigenvalue weighted by Crippen LogP contribution is -2.08. The first-order chi connectivity index (χ1) is 9.31. The van der Waals surface area contributed by atoms with Gasteiger partial charge in [-0.25, -0.2) is 0 Å². The van der Waals surface area contributed by atoms with Crippen LogP contribution < -0.4 is 4.74 Å². The fraction of sp³-hybridized carbons (Fsp3) is 0.571. The van der Waals surface area contributed by atoms with Crippen LogP contribution in [0.3, 0.4) is 0 Å². The van der Waals surface area contributed by atoms with Gasteiger partial charge in [-0.1, -0.05) is 6.07 Å². The van der Waals surface area contributed by atoms with Gasteiger partial charge in [0.15, 0.2) is 0 Å². The van der Waals surface area contributed by atoms with Gasteiger partial charge in [-0.2, -0.15) is 0 Å². The molecule has 0 saturated heterocycles. The summed E-state index contributed by atoms with van der Waals surface area (Å²) in [5.41, 5.74) is 1.77. The molecule has 0 bridgehead atoms. The molecule has 0 unspecified atom stereocenters. The number of ether oxygens (including phenoxy) is 4. The SMILES string of the molecule is COCCOCCOCc1cc(CO)ccc1OC. The summed E-state index contributed by atoms with van der Waals surface area (Å²) in [6.07, 6.45) is 0. The molecular formula is C14H22O5. The lowest BCUT2D eigenvalue weighted by atomic mass is 10.1. The summed E-state index contributed by atoms with van der Waals surface area (Å²) in [4.78, 5) is 0. The van der Waals surface area contributed by atoms with Gasteiger partial charge in [0.2, 0.25) is 0 Å². The van der Waals surface area contributed by atoms with Crippen LogP contribution in [0.4, 0.5) is 0 Å². The summed E-state index contributed by atoms with van der Waals surface area (Å²) in [6, 6.07) is 5.54. The molecular weight excluding hydrogens is 248 g/mol. The number of aliphatic hydroxyl groups excluding tert-OH is 1. The second-order valence-electron chi connectivity index (χ2n) is 3.96. The van der Waals surface area contributed by atoms with Crippen molar-refractivity contribution in [2.75, 3.05) is 40.6 Å². The lowest BCUT2D eigenvalue weighted by molar-refractivity contribution is 0.0195. The van der Waals surface area contributed by atoms with Crippen LogP contribution in [-0.4, -0.2) is 45.8 Å². The Labute approximate surface area is 114 Å². The van der Waals surface area contributed by atoms with E-state index in [0.29, 0.717) is 33.0 Å². The van der Waals surface area contributed by atoms with E-state index in [4.69, 9.17) is 24.1 Å². The van der Waals surface area contributed by atoms with Gasteiger partial charge in [0, 0.05) is 12.7 Å². The summed E-state index contributed by atoms with van der Waals surface area (Å²) in [7, 11) is 3.26. The second kappa shape index (κ2) is 9.75. The molecule has 0 amide bonds. The van der Waals surface area contributed by atoms with E-state index >= 15 is 0 Å². The summed E-state index contributed by atoms with van der Waals surface area (Å²) < 4.78 is 20.9. The molecule has 1 N–H and O–H groups in total. The number of rotatable bonds is 10. The van der Waals surface area contributed by atoms with Crippen LogP contribution in [0.1, 0.15) is 11.1 Å². The summed E-state index contributed by atoms with van der Waals surface area (Å²) >= 11 is 0. The van der Waals surface area contributed by atoms with E-state index < -0.39 is 0 Å². The molecule has 1 aromatic rings. The average Bonchev–Trinajstić information content (AvgIpc) is 2.46. The molecule has 5 heteroatoms. The minimum atomic E-state index is 0.0110. The van der Waals surface area contributed by atoms with Crippen LogP contribution in [-0.2, 0) is 27.4 Å². The van der Waals surface area contributed by atoms with Gasteiger partial charge in [0.1, 0.15) is 5.75 Å². The zero-order chi connectivity index (χ0) is 13.9. The number of hydrogen-bond donors (Lipinski definition) is 1. The monoisotopic (exact) mass is 270 g/mol. The molecule has 1 rings (SSSR count). The van der Waals surface area contributed by atoms with Crippen molar-refractivity contribution in [3.05, 3.63) is 29.3 Å².